The minimum atomic E-state index is 0.0169. The van der Waals surface area contributed by atoms with Crippen LogP contribution in [0.4, 0.5) is 34.1 Å². The summed E-state index contributed by atoms with van der Waals surface area (Å²) in [5.74, 6) is 0. The lowest BCUT2D eigenvalue weighted by Crippen LogP contribution is -2.14. The molecule has 2 nitrogen and oxygen atoms in total. The zero-order valence-electron chi connectivity index (χ0n) is 28.3. The van der Waals surface area contributed by atoms with Gasteiger partial charge in [0.1, 0.15) is 0 Å². The average Bonchev–Trinajstić information content (AvgIpc) is 3.52. The van der Waals surface area contributed by atoms with Crippen LogP contribution in [0, 0.1) is 0 Å². The van der Waals surface area contributed by atoms with Gasteiger partial charge in [-0.15, -0.1) is 0 Å². The molecule has 1 aliphatic rings. The van der Waals surface area contributed by atoms with Crippen LogP contribution in [0.5, 0.6) is 0 Å². The lowest BCUT2D eigenvalue weighted by atomic mass is 9.79. The Balaban J connectivity index is 1.19. The highest BCUT2D eigenvalue weighted by Gasteiger charge is 2.28. The monoisotopic (exact) mass is 632 g/mol. The van der Waals surface area contributed by atoms with E-state index in [1.54, 1.807) is 0 Å². The zero-order valence-corrected chi connectivity index (χ0v) is 28.3. The van der Waals surface area contributed by atoms with Gasteiger partial charge in [0.25, 0.3) is 0 Å². The fourth-order valence-electron chi connectivity index (χ4n) is 7.32. The molecule has 49 heavy (non-hydrogen) atoms. The molecule has 0 radical (unpaired) electrons. The summed E-state index contributed by atoms with van der Waals surface area (Å²) in [6, 6.07) is 63.5. The molecule has 0 fully saturated rings. The van der Waals surface area contributed by atoms with Crippen LogP contribution < -0.4 is 9.80 Å². The van der Waals surface area contributed by atoms with Crippen molar-refractivity contribution in [2.45, 2.75) is 32.6 Å². The lowest BCUT2D eigenvalue weighted by Gasteiger charge is -2.29. The minimum Gasteiger partial charge on any atom is -0.311 e. The fourth-order valence-corrected chi connectivity index (χ4v) is 7.32. The third-order valence-electron chi connectivity index (χ3n) is 9.62. The first-order chi connectivity index (χ1) is 24.0. The zero-order chi connectivity index (χ0) is 33.4. The second-order valence-electron chi connectivity index (χ2n) is 13.8. The summed E-state index contributed by atoms with van der Waals surface area (Å²) in [4.78, 5) is 4.65. The van der Waals surface area contributed by atoms with E-state index in [1.165, 1.54) is 38.9 Å². The summed E-state index contributed by atoms with van der Waals surface area (Å²) >= 11 is 0. The Labute approximate surface area is 290 Å². The summed E-state index contributed by atoms with van der Waals surface area (Å²) in [6.45, 7) is 6.98. The number of fused-ring (bicyclic) bond motifs is 3. The molecule has 2 heteroatoms. The van der Waals surface area contributed by atoms with Crippen molar-refractivity contribution in [2.75, 3.05) is 9.80 Å². The van der Waals surface area contributed by atoms with E-state index in [2.05, 4.69) is 206 Å². The first-order valence-corrected chi connectivity index (χ1v) is 17.2. The number of hydrogen-bond acceptors (Lipinski definition) is 2. The van der Waals surface area contributed by atoms with E-state index in [9.17, 15) is 0 Å². The molecule has 0 aromatic heterocycles. The Morgan fingerprint density at radius 2 is 0.796 bits per heavy atom. The molecule has 8 rings (SSSR count). The standard InChI is InChI=1S/C47H40N2/c1-47(2,3)45-32-31-43-42-22-14-13-15-35(42)33-44(43)46(45)34-23-25-39(26-24-34)49(38-20-11-6-12-21-38)41-29-27-40(28-30-41)48(36-16-7-4-8-17-36)37-18-9-5-10-19-37/h4-32H,33H2,1-3H3. The first-order valence-electron chi connectivity index (χ1n) is 17.2. The predicted molar refractivity (Wildman–Crippen MR) is 208 cm³/mol. The third kappa shape index (κ3) is 5.81. The summed E-state index contributed by atoms with van der Waals surface area (Å²) in [6.07, 6.45) is 0.970. The quantitative estimate of drug-likeness (QED) is 0.172. The van der Waals surface area contributed by atoms with Crippen molar-refractivity contribution in [2.24, 2.45) is 0 Å². The normalized spacial score (nSPS) is 11.9. The van der Waals surface area contributed by atoms with E-state index in [-0.39, 0.29) is 5.41 Å². The van der Waals surface area contributed by atoms with Crippen molar-refractivity contribution >= 4 is 34.1 Å². The SMILES string of the molecule is CC(C)(C)c1ccc2c(c1-c1ccc(N(c3ccccc3)c3ccc(N(c4ccccc4)c4ccccc4)cc3)cc1)Cc1ccccc1-2. The van der Waals surface area contributed by atoms with Crippen LogP contribution in [-0.4, -0.2) is 0 Å². The maximum atomic E-state index is 2.36. The molecule has 7 aromatic rings. The molecule has 0 unspecified atom stereocenters. The topological polar surface area (TPSA) is 6.48 Å². The van der Waals surface area contributed by atoms with Gasteiger partial charge >= 0.3 is 0 Å². The number of benzene rings is 7. The van der Waals surface area contributed by atoms with Crippen LogP contribution in [0.25, 0.3) is 22.3 Å². The van der Waals surface area contributed by atoms with Gasteiger partial charge in [-0.1, -0.05) is 124 Å². The summed E-state index contributed by atoms with van der Waals surface area (Å²) in [5, 5.41) is 0. The molecule has 0 spiro atoms. The predicted octanol–water partition coefficient (Wildman–Crippen LogP) is 13.2. The van der Waals surface area contributed by atoms with Gasteiger partial charge in [-0.2, -0.15) is 0 Å². The number of hydrogen-bond donors (Lipinski definition) is 0. The van der Waals surface area contributed by atoms with Crippen LogP contribution >= 0.6 is 0 Å². The molecule has 0 atom stereocenters. The second kappa shape index (κ2) is 12.6. The van der Waals surface area contributed by atoms with E-state index in [1.807, 2.05) is 0 Å². The Morgan fingerprint density at radius 3 is 1.27 bits per heavy atom. The van der Waals surface area contributed by atoms with Gasteiger partial charge in [0.05, 0.1) is 0 Å². The Kier molecular flexibility index (Phi) is 7.86. The molecule has 0 bridgehead atoms. The maximum absolute atomic E-state index is 2.36. The molecule has 0 saturated carbocycles. The third-order valence-corrected chi connectivity index (χ3v) is 9.62. The van der Waals surface area contributed by atoms with Crippen molar-refractivity contribution in [1.29, 1.82) is 0 Å². The molecular formula is C47H40N2. The molecule has 0 heterocycles. The molecule has 1 aliphatic carbocycles. The van der Waals surface area contributed by atoms with Crippen molar-refractivity contribution in [3.63, 3.8) is 0 Å². The highest BCUT2D eigenvalue weighted by molar-refractivity contribution is 5.88. The van der Waals surface area contributed by atoms with Crippen LogP contribution in [0.3, 0.4) is 0 Å². The molecular weight excluding hydrogens is 593 g/mol. The molecule has 7 aromatic carbocycles. The summed E-state index contributed by atoms with van der Waals surface area (Å²) in [5.41, 5.74) is 16.4. The van der Waals surface area contributed by atoms with Gasteiger partial charge < -0.3 is 9.80 Å². The van der Waals surface area contributed by atoms with Crippen LogP contribution in [0.15, 0.2) is 176 Å². The Bertz CT molecular complexity index is 2160. The van der Waals surface area contributed by atoms with Gasteiger partial charge in [-0.05, 0) is 124 Å². The highest BCUT2D eigenvalue weighted by atomic mass is 15.2. The van der Waals surface area contributed by atoms with Gasteiger partial charge in [-0.3, -0.25) is 0 Å². The second-order valence-corrected chi connectivity index (χ2v) is 13.8. The smallest absolute Gasteiger partial charge is 0.0463 e. The van der Waals surface area contributed by atoms with E-state index >= 15 is 0 Å². The maximum Gasteiger partial charge on any atom is 0.0463 e. The Morgan fingerprint density at radius 1 is 0.388 bits per heavy atom. The van der Waals surface area contributed by atoms with E-state index < -0.39 is 0 Å². The molecule has 0 saturated heterocycles. The molecule has 0 N–H and O–H groups in total. The average molecular weight is 633 g/mol. The van der Waals surface area contributed by atoms with Gasteiger partial charge in [0.15, 0.2) is 0 Å². The van der Waals surface area contributed by atoms with Crippen LogP contribution in [-0.2, 0) is 11.8 Å². The van der Waals surface area contributed by atoms with Crippen molar-refractivity contribution < 1.29 is 0 Å². The van der Waals surface area contributed by atoms with Crippen LogP contribution in [0.2, 0.25) is 0 Å². The van der Waals surface area contributed by atoms with E-state index in [0.29, 0.717) is 0 Å². The van der Waals surface area contributed by atoms with E-state index in [0.717, 1.165) is 40.5 Å². The van der Waals surface area contributed by atoms with Crippen LogP contribution in [0.1, 0.15) is 37.5 Å². The number of nitrogens with zero attached hydrogens (tertiary/aromatic N) is 2. The molecule has 238 valence electrons. The Hall–Kier alpha value is -5.86. The van der Waals surface area contributed by atoms with E-state index in [4.69, 9.17) is 0 Å². The summed E-state index contributed by atoms with van der Waals surface area (Å²) < 4.78 is 0. The number of para-hydroxylation sites is 3. The van der Waals surface area contributed by atoms with Crippen molar-refractivity contribution in [1.82, 2.24) is 0 Å². The molecule has 0 aliphatic heterocycles. The van der Waals surface area contributed by atoms with Gasteiger partial charge in [0, 0.05) is 34.1 Å². The highest BCUT2D eigenvalue weighted by Crippen LogP contribution is 2.47. The van der Waals surface area contributed by atoms with Gasteiger partial charge in [-0.25, -0.2) is 0 Å². The number of anilines is 6. The minimum absolute atomic E-state index is 0.0169. The molecule has 0 amide bonds. The first kappa shape index (κ1) is 30.5. The van der Waals surface area contributed by atoms with Crippen molar-refractivity contribution in [3.05, 3.63) is 193 Å². The number of rotatable bonds is 7. The lowest BCUT2D eigenvalue weighted by molar-refractivity contribution is 0.591. The largest absolute Gasteiger partial charge is 0.311 e. The summed E-state index contributed by atoms with van der Waals surface area (Å²) in [7, 11) is 0. The van der Waals surface area contributed by atoms with Crippen molar-refractivity contribution in [3.8, 4) is 22.3 Å². The van der Waals surface area contributed by atoms with Gasteiger partial charge in [0.2, 0.25) is 0 Å². The fraction of sp³-hybridized carbons (Fsp3) is 0.106.